The second-order valence-electron chi connectivity index (χ2n) is 8.02. The van der Waals surface area contributed by atoms with Crippen LogP contribution in [0.25, 0.3) is 10.8 Å². The van der Waals surface area contributed by atoms with Crippen molar-refractivity contribution in [3.63, 3.8) is 0 Å². The minimum absolute atomic E-state index is 0.126. The van der Waals surface area contributed by atoms with Crippen molar-refractivity contribution in [2.75, 3.05) is 0 Å². The quantitative estimate of drug-likeness (QED) is 0.485. The number of halogens is 1. The van der Waals surface area contributed by atoms with Crippen LogP contribution >= 0.6 is 0 Å². The monoisotopic (exact) mass is 351 g/mol. The fourth-order valence-electron chi connectivity index (χ4n) is 4.45. The number of hydrogen-bond acceptors (Lipinski definition) is 1. The van der Waals surface area contributed by atoms with E-state index in [4.69, 9.17) is 5.26 Å². The minimum atomic E-state index is -0.391. The predicted octanol–water partition coefficient (Wildman–Crippen LogP) is 7.17. The molecule has 2 heteroatoms. The number of fused-ring (bicyclic) bond motifs is 1. The molecule has 0 atom stereocenters. The van der Waals surface area contributed by atoms with Gasteiger partial charge >= 0.3 is 0 Å². The van der Waals surface area contributed by atoms with Gasteiger partial charge in [-0.1, -0.05) is 82.6 Å². The van der Waals surface area contributed by atoms with Gasteiger partial charge in [-0.05, 0) is 41.7 Å². The van der Waals surface area contributed by atoms with E-state index in [0.29, 0.717) is 5.39 Å². The van der Waals surface area contributed by atoms with Crippen LogP contribution in [0.2, 0.25) is 0 Å². The van der Waals surface area contributed by atoms with Crippen molar-refractivity contribution in [2.45, 2.75) is 71.1 Å². The summed E-state index contributed by atoms with van der Waals surface area (Å²) in [5.74, 6) is 1.43. The van der Waals surface area contributed by atoms with Gasteiger partial charge in [0.2, 0.25) is 0 Å². The Morgan fingerprint density at radius 2 is 1.73 bits per heavy atom. The van der Waals surface area contributed by atoms with E-state index in [1.165, 1.54) is 63.4 Å². The van der Waals surface area contributed by atoms with E-state index in [0.717, 1.165) is 23.6 Å². The smallest absolute Gasteiger partial charge is 0.148 e. The molecular formula is C24H30FN. The highest BCUT2D eigenvalue weighted by molar-refractivity contribution is 5.85. The lowest BCUT2D eigenvalue weighted by Gasteiger charge is -2.28. The van der Waals surface area contributed by atoms with Gasteiger partial charge in [0.15, 0.2) is 0 Å². The van der Waals surface area contributed by atoms with Gasteiger partial charge < -0.3 is 0 Å². The first-order chi connectivity index (χ1) is 12.7. The first-order valence-corrected chi connectivity index (χ1v) is 10.3. The van der Waals surface area contributed by atoms with E-state index in [2.05, 4.69) is 13.0 Å². The van der Waals surface area contributed by atoms with Crippen molar-refractivity contribution in [2.24, 2.45) is 11.8 Å². The highest BCUT2D eigenvalue weighted by Gasteiger charge is 2.20. The first-order valence-electron chi connectivity index (χ1n) is 10.3. The Morgan fingerprint density at radius 1 is 1.00 bits per heavy atom. The van der Waals surface area contributed by atoms with Crippen molar-refractivity contribution in [3.05, 3.63) is 47.3 Å². The number of rotatable bonds is 7. The van der Waals surface area contributed by atoms with Crippen molar-refractivity contribution in [1.82, 2.24) is 0 Å². The summed E-state index contributed by atoms with van der Waals surface area (Å²) in [6.45, 7) is 2.28. The third-order valence-electron chi connectivity index (χ3n) is 6.16. The third kappa shape index (κ3) is 4.64. The van der Waals surface area contributed by atoms with Crippen LogP contribution in [0.1, 0.15) is 75.8 Å². The molecule has 0 heterocycles. The maximum atomic E-state index is 14.2. The molecule has 1 saturated carbocycles. The Kier molecular flexibility index (Phi) is 6.67. The molecule has 3 rings (SSSR count). The van der Waals surface area contributed by atoms with Crippen LogP contribution in [0.15, 0.2) is 30.3 Å². The first kappa shape index (κ1) is 18.9. The molecule has 1 aliphatic rings. The lowest BCUT2D eigenvalue weighted by Crippen LogP contribution is -2.15. The fourth-order valence-corrected chi connectivity index (χ4v) is 4.45. The van der Waals surface area contributed by atoms with Crippen LogP contribution in [0.4, 0.5) is 4.39 Å². The molecular weight excluding hydrogens is 321 g/mol. The second kappa shape index (κ2) is 9.17. The number of benzene rings is 2. The van der Waals surface area contributed by atoms with Gasteiger partial charge in [0.1, 0.15) is 11.9 Å². The van der Waals surface area contributed by atoms with Crippen LogP contribution in [0, 0.1) is 29.0 Å². The Bertz CT molecular complexity index is 766. The van der Waals surface area contributed by atoms with Crippen LogP contribution < -0.4 is 0 Å². The number of nitriles is 1. The molecule has 2 aromatic carbocycles. The highest BCUT2D eigenvalue weighted by atomic mass is 19.1. The lowest BCUT2D eigenvalue weighted by atomic mass is 9.77. The topological polar surface area (TPSA) is 23.8 Å². The molecule has 1 fully saturated rings. The zero-order valence-electron chi connectivity index (χ0n) is 15.9. The van der Waals surface area contributed by atoms with E-state index >= 15 is 0 Å². The summed E-state index contributed by atoms with van der Waals surface area (Å²) in [5, 5.41) is 10.4. The second-order valence-corrected chi connectivity index (χ2v) is 8.02. The number of unbranched alkanes of at least 4 members (excludes halogenated alkanes) is 2. The SMILES string of the molecule is CCCCCC1CCC(CCc2ccc3c(F)c(C#N)ccc3c2)CC1. The summed E-state index contributed by atoms with van der Waals surface area (Å²) in [5.41, 5.74) is 1.41. The van der Waals surface area contributed by atoms with Crippen LogP contribution in [-0.4, -0.2) is 0 Å². The number of hydrogen-bond donors (Lipinski definition) is 0. The molecule has 2 aromatic rings. The van der Waals surface area contributed by atoms with Crippen LogP contribution in [-0.2, 0) is 6.42 Å². The highest BCUT2D eigenvalue weighted by Crippen LogP contribution is 2.34. The Labute approximate surface area is 157 Å². The van der Waals surface area contributed by atoms with Gasteiger partial charge in [-0.3, -0.25) is 0 Å². The van der Waals surface area contributed by atoms with E-state index in [1.54, 1.807) is 6.07 Å². The number of aryl methyl sites for hydroxylation is 1. The number of nitrogens with zero attached hydrogens (tertiary/aromatic N) is 1. The van der Waals surface area contributed by atoms with Crippen LogP contribution in [0.3, 0.4) is 0 Å². The molecule has 0 bridgehead atoms. The van der Waals surface area contributed by atoms with E-state index in [1.807, 2.05) is 24.3 Å². The predicted molar refractivity (Wildman–Crippen MR) is 107 cm³/mol. The Hall–Kier alpha value is -1.88. The molecule has 0 spiro atoms. The normalized spacial score (nSPS) is 20.2. The average molecular weight is 352 g/mol. The van der Waals surface area contributed by atoms with E-state index < -0.39 is 5.82 Å². The molecule has 26 heavy (non-hydrogen) atoms. The summed E-state index contributed by atoms with van der Waals surface area (Å²) in [6, 6.07) is 11.3. The summed E-state index contributed by atoms with van der Waals surface area (Å²) in [4.78, 5) is 0. The maximum Gasteiger partial charge on any atom is 0.148 e. The van der Waals surface area contributed by atoms with Gasteiger partial charge in [0.05, 0.1) is 5.56 Å². The van der Waals surface area contributed by atoms with Crippen LogP contribution in [0.5, 0.6) is 0 Å². The summed E-state index contributed by atoms with van der Waals surface area (Å²) >= 11 is 0. The van der Waals surface area contributed by atoms with Gasteiger partial charge in [-0.2, -0.15) is 5.26 Å². The van der Waals surface area contributed by atoms with Crippen molar-refractivity contribution in [3.8, 4) is 6.07 Å². The largest absolute Gasteiger partial charge is 0.205 e. The van der Waals surface area contributed by atoms with Crippen molar-refractivity contribution < 1.29 is 4.39 Å². The molecule has 1 aliphatic carbocycles. The molecule has 138 valence electrons. The average Bonchev–Trinajstić information content (AvgIpc) is 2.68. The molecule has 0 N–H and O–H groups in total. The van der Waals surface area contributed by atoms with Gasteiger partial charge in [0, 0.05) is 5.39 Å². The summed E-state index contributed by atoms with van der Waals surface area (Å²) in [6.07, 6.45) is 13.4. The molecule has 0 radical (unpaired) electrons. The molecule has 1 nitrogen and oxygen atoms in total. The zero-order valence-corrected chi connectivity index (χ0v) is 15.9. The standard InChI is InChI=1S/C24H30FN/c1-2-3-4-5-18-6-8-19(9-7-18)10-11-20-12-15-23-21(16-20)13-14-22(17-26)24(23)25/h12-16,18-19H,2-11H2,1H3. The van der Waals surface area contributed by atoms with Gasteiger partial charge in [-0.25, -0.2) is 4.39 Å². The molecule has 0 saturated heterocycles. The Morgan fingerprint density at radius 3 is 2.42 bits per heavy atom. The molecule has 0 aliphatic heterocycles. The molecule has 0 amide bonds. The summed E-state index contributed by atoms with van der Waals surface area (Å²) < 4.78 is 14.2. The van der Waals surface area contributed by atoms with E-state index in [9.17, 15) is 4.39 Å². The Balaban J connectivity index is 1.52. The molecule has 0 aromatic heterocycles. The van der Waals surface area contributed by atoms with Gasteiger partial charge in [0.25, 0.3) is 0 Å². The maximum absolute atomic E-state index is 14.2. The lowest BCUT2D eigenvalue weighted by molar-refractivity contribution is 0.249. The molecule has 0 unspecified atom stereocenters. The summed E-state index contributed by atoms with van der Waals surface area (Å²) in [7, 11) is 0. The zero-order chi connectivity index (χ0) is 18.4. The fraction of sp³-hybridized carbons (Fsp3) is 0.542. The van der Waals surface area contributed by atoms with Gasteiger partial charge in [-0.15, -0.1) is 0 Å². The van der Waals surface area contributed by atoms with E-state index in [-0.39, 0.29) is 5.56 Å². The minimum Gasteiger partial charge on any atom is -0.205 e. The third-order valence-corrected chi connectivity index (χ3v) is 6.16. The van der Waals surface area contributed by atoms with Crippen molar-refractivity contribution in [1.29, 1.82) is 5.26 Å². The van der Waals surface area contributed by atoms with Crippen molar-refractivity contribution >= 4 is 10.8 Å².